The van der Waals surface area contributed by atoms with Crippen LogP contribution in [0.3, 0.4) is 0 Å². The molecule has 4 aromatic rings. The molecule has 4 aromatic carbocycles. The number of hydrogen-bond acceptors (Lipinski definition) is 6. The lowest BCUT2D eigenvalue weighted by Gasteiger charge is -2.36. The average molecular weight is 607 g/mol. The number of carbonyl (C=O) groups excluding carboxylic acids is 3. The summed E-state index contributed by atoms with van der Waals surface area (Å²) in [7, 11) is 4.83. The molecular weight excluding hydrogens is 568 g/mol. The van der Waals surface area contributed by atoms with Gasteiger partial charge >= 0.3 is 0 Å². The van der Waals surface area contributed by atoms with E-state index in [9.17, 15) is 14.4 Å². The van der Waals surface area contributed by atoms with Crippen molar-refractivity contribution in [3.05, 3.63) is 130 Å². The van der Waals surface area contributed by atoms with Crippen LogP contribution in [0.2, 0.25) is 0 Å². The van der Waals surface area contributed by atoms with Crippen molar-refractivity contribution >= 4 is 17.7 Å². The molecule has 0 saturated carbocycles. The van der Waals surface area contributed by atoms with Crippen molar-refractivity contribution in [1.29, 1.82) is 0 Å². The van der Waals surface area contributed by atoms with Crippen molar-refractivity contribution < 1.29 is 28.6 Å². The molecule has 1 heterocycles. The third kappa shape index (κ3) is 6.47. The molecule has 1 N–H and O–H groups in total. The van der Waals surface area contributed by atoms with Gasteiger partial charge in [-0.05, 0) is 72.0 Å². The van der Waals surface area contributed by atoms with Crippen LogP contribution in [0.1, 0.15) is 73.4 Å². The van der Waals surface area contributed by atoms with Crippen LogP contribution in [-0.4, -0.2) is 57.0 Å². The van der Waals surface area contributed by atoms with E-state index in [0.717, 1.165) is 47.5 Å². The van der Waals surface area contributed by atoms with Crippen molar-refractivity contribution in [2.45, 2.75) is 31.3 Å². The number of nitrogens with zero attached hydrogens (tertiary/aromatic N) is 1. The fourth-order valence-corrected chi connectivity index (χ4v) is 5.80. The Morgan fingerprint density at radius 3 is 1.82 bits per heavy atom. The van der Waals surface area contributed by atoms with Gasteiger partial charge in [0.05, 0.1) is 25.3 Å². The number of ether oxygens (including phenoxy) is 3. The molecule has 0 aliphatic carbocycles. The van der Waals surface area contributed by atoms with Gasteiger partial charge in [0, 0.05) is 25.8 Å². The van der Waals surface area contributed by atoms with Crippen LogP contribution >= 0.6 is 0 Å². The maximum Gasteiger partial charge on any atom is 0.261 e. The minimum absolute atomic E-state index is 0.281. The third-order valence-electron chi connectivity index (χ3n) is 8.23. The Morgan fingerprint density at radius 1 is 0.689 bits per heavy atom. The van der Waals surface area contributed by atoms with E-state index in [1.165, 1.54) is 18.0 Å². The summed E-state index contributed by atoms with van der Waals surface area (Å²) < 4.78 is 17.8. The topological polar surface area (TPSA) is 94.2 Å². The molecule has 0 bridgehead atoms. The molecule has 0 spiro atoms. The zero-order valence-corrected chi connectivity index (χ0v) is 25.9. The second-order valence-corrected chi connectivity index (χ2v) is 10.9. The minimum atomic E-state index is -0.868. The van der Waals surface area contributed by atoms with E-state index in [0.29, 0.717) is 30.7 Å². The molecule has 8 heteroatoms. The summed E-state index contributed by atoms with van der Waals surface area (Å²) in [6, 6.07) is 30.7. The number of rotatable bonds is 14. The van der Waals surface area contributed by atoms with E-state index in [1.54, 1.807) is 26.4 Å². The summed E-state index contributed by atoms with van der Waals surface area (Å²) in [4.78, 5) is 39.1. The maximum atomic E-state index is 13.0. The molecule has 0 fully saturated rings. The Bertz CT molecular complexity index is 1590. The molecule has 3 amide bonds. The number of amides is 3. The highest BCUT2D eigenvalue weighted by atomic mass is 16.5. The van der Waals surface area contributed by atoms with Crippen LogP contribution in [-0.2, 0) is 10.3 Å². The summed E-state index contributed by atoms with van der Waals surface area (Å²) >= 11 is 0. The van der Waals surface area contributed by atoms with Crippen LogP contribution in [0.15, 0.2) is 97.1 Å². The highest BCUT2D eigenvalue weighted by molar-refractivity contribution is 6.22. The zero-order chi connectivity index (χ0) is 31.8. The molecule has 1 aliphatic rings. The van der Waals surface area contributed by atoms with Gasteiger partial charge < -0.3 is 19.5 Å². The number of nitrogens with one attached hydrogen (secondary N) is 1. The molecule has 0 unspecified atom stereocenters. The van der Waals surface area contributed by atoms with Crippen molar-refractivity contribution in [3.8, 4) is 11.5 Å². The Labute approximate surface area is 263 Å². The normalized spacial score (nSPS) is 12.6. The van der Waals surface area contributed by atoms with Gasteiger partial charge in [-0.3, -0.25) is 19.3 Å². The van der Waals surface area contributed by atoms with Crippen LogP contribution < -0.4 is 14.8 Å². The van der Waals surface area contributed by atoms with E-state index < -0.39 is 5.60 Å². The van der Waals surface area contributed by atoms with Crippen molar-refractivity contribution in [2.75, 3.05) is 34.4 Å². The van der Waals surface area contributed by atoms with Crippen LogP contribution in [0.4, 0.5) is 0 Å². The van der Waals surface area contributed by atoms with Gasteiger partial charge in [-0.15, -0.1) is 0 Å². The molecule has 8 nitrogen and oxygen atoms in total. The molecular formula is C37H38N2O6. The van der Waals surface area contributed by atoms with E-state index in [4.69, 9.17) is 14.2 Å². The van der Waals surface area contributed by atoms with Gasteiger partial charge in [-0.1, -0.05) is 67.4 Å². The van der Waals surface area contributed by atoms with Gasteiger partial charge in [0.1, 0.15) is 17.1 Å². The van der Waals surface area contributed by atoms with Crippen LogP contribution in [0, 0.1) is 0 Å². The second-order valence-electron chi connectivity index (χ2n) is 10.9. The smallest absolute Gasteiger partial charge is 0.261 e. The summed E-state index contributed by atoms with van der Waals surface area (Å²) in [6.45, 7) is 0.816. The lowest BCUT2D eigenvalue weighted by atomic mass is 9.80. The maximum absolute atomic E-state index is 13.0. The summed E-state index contributed by atoms with van der Waals surface area (Å²) in [6.07, 6.45) is 3.15. The van der Waals surface area contributed by atoms with Gasteiger partial charge in [-0.2, -0.15) is 0 Å². The molecule has 0 aromatic heterocycles. The fourth-order valence-electron chi connectivity index (χ4n) is 5.80. The largest absolute Gasteiger partial charge is 0.497 e. The van der Waals surface area contributed by atoms with E-state index in [1.807, 2.05) is 66.7 Å². The molecule has 0 saturated heterocycles. The molecule has 0 atom stereocenters. The summed E-state index contributed by atoms with van der Waals surface area (Å²) in [5.41, 5.74) is 3.07. The number of imide groups is 1. The standard InChI is InChI=1S/C37H38N2O6/c1-38-34(40)26-13-22-32-33(25-26)36(42)39(35(32)41)23-9-4-5-10-24-45-37(27-11-7-6-8-12-27,28-14-18-30(43-2)19-15-28)29-16-20-31(44-3)21-17-29/h6-8,11-22,25H,4-5,9-10,23-24H2,1-3H3,(H,38,40). The summed E-state index contributed by atoms with van der Waals surface area (Å²) in [5.74, 6) is 0.568. The molecule has 232 valence electrons. The summed E-state index contributed by atoms with van der Waals surface area (Å²) in [5, 5.41) is 2.55. The van der Waals surface area contributed by atoms with E-state index in [2.05, 4.69) is 17.4 Å². The number of fused-ring (bicyclic) bond motifs is 1. The average Bonchev–Trinajstić information content (AvgIpc) is 3.34. The zero-order valence-electron chi connectivity index (χ0n) is 25.9. The quantitative estimate of drug-likeness (QED) is 0.104. The molecule has 0 radical (unpaired) electrons. The molecule has 1 aliphatic heterocycles. The first-order valence-corrected chi connectivity index (χ1v) is 15.1. The Morgan fingerprint density at radius 2 is 1.24 bits per heavy atom. The monoisotopic (exact) mass is 606 g/mol. The first-order valence-electron chi connectivity index (χ1n) is 15.1. The number of methoxy groups -OCH3 is 2. The minimum Gasteiger partial charge on any atom is -0.497 e. The predicted octanol–water partition coefficient (Wildman–Crippen LogP) is 6.23. The SMILES string of the molecule is CNC(=O)c1ccc2c(c1)C(=O)N(CCCCCCOC(c1ccccc1)(c1ccc(OC)cc1)c1ccc(OC)cc1)C2=O. The van der Waals surface area contributed by atoms with E-state index in [-0.39, 0.29) is 23.3 Å². The van der Waals surface area contributed by atoms with Crippen molar-refractivity contribution in [1.82, 2.24) is 10.2 Å². The van der Waals surface area contributed by atoms with Crippen molar-refractivity contribution in [2.24, 2.45) is 0 Å². The lowest BCUT2D eigenvalue weighted by molar-refractivity contribution is 0.0105. The first kappa shape index (κ1) is 31.5. The van der Waals surface area contributed by atoms with Gasteiger partial charge in [0.2, 0.25) is 0 Å². The lowest BCUT2D eigenvalue weighted by Crippen LogP contribution is -2.33. The highest BCUT2D eigenvalue weighted by Gasteiger charge is 2.38. The highest BCUT2D eigenvalue weighted by Crippen LogP contribution is 2.42. The molecule has 5 rings (SSSR count). The van der Waals surface area contributed by atoms with Crippen LogP contribution in [0.25, 0.3) is 0 Å². The second kappa shape index (κ2) is 14.2. The third-order valence-corrected chi connectivity index (χ3v) is 8.23. The first-order chi connectivity index (χ1) is 21.9. The van der Waals surface area contributed by atoms with Gasteiger partial charge in [-0.25, -0.2) is 0 Å². The predicted molar refractivity (Wildman–Crippen MR) is 172 cm³/mol. The number of unbranched alkanes of at least 4 members (excludes halogenated alkanes) is 3. The van der Waals surface area contributed by atoms with Gasteiger partial charge in [0.15, 0.2) is 0 Å². The van der Waals surface area contributed by atoms with Crippen molar-refractivity contribution in [3.63, 3.8) is 0 Å². The number of carbonyl (C=O) groups is 3. The number of hydrogen-bond donors (Lipinski definition) is 1. The number of benzene rings is 4. The van der Waals surface area contributed by atoms with E-state index >= 15 is 0 Å². The van der Waals surface area contributed by atoms with Gasteiger partial charge in [0.25, 0.3) is 17.7 Å². The van der Waals surface area contributed by atoms with Crippen LogP contribution in [0.5, 0.6) is 11.5 Å². The Hall–Kier alpha value is -4.95. The Balaban J connectivity index is 1.25. The molecule has 45 heavy (non-hydrogen) atoms. The fraction of sp³-hybridized carbons (Fsp3) is 0.270. The Kier molecular flexibility index (Phi) is 9.95.